The SMILES string of the molecule is Cc1nc(-c2cccnc2)sc1CNC(=O)c1c(C)nc2ccccn12. The minimum absolute atomic E-state index is 0.142. The van der Waals surface area contributed by atoms with Crippen LogP contribution in [0.15, 0.2) is 48.9 Å². The molecule has 0 fully saturated rings. The number of nitrogens with one attached hydrogen (secondary N) is 1. The minimum atomic E-state index is -0.142. The lowest BCUT2D eigenvalue weighted by Gasteiger charge is -2.05. The molecule has 0 bridgehead atoms. The van der Waals surface area contributed by atoms with Gasteiger partial charge in [-0.05, 0) is 38.1 Å². The monoisotopic (exact) mass is 363 g/mol. The molecule has 0 aliphatic carbocycles. The van der Waals surface area contributed by atoms with E-state index in [9.17, 15) is 4.79 Å². The Balaban J connectivity index is 1.55. The van der Waals surface area contributed by atoms with Crippen LogP contribution in [0.3, 0.4) is 0 Å². The van der Waals surface area contributed by atoms with Crippen LogP contribution in [0, 0.1) is 13.8 Å². The summed E-state index contributed by atoms with van der Waals surface area (Å²) in [5.74, 6) is -0.142. The first-order chi connectivity index (χ1) is 12.6. The predicted octanol–water partition coefficient (Wildman–Crippen LogP) is 3.40. The molecule has 0 aliphatic heterocycles. The zero-order chi connectivity index (χ0) is 18.1. The van der Waals surface area contributed by atoms with E-state index in [1.54, 1.807) is 23.7 Å². The van der Waals surface area contributed by atoms with Crippen molar-refractivity contribution in [2.24, 2.45) is 0 Å². The second-order valence-electron chi connectivity index (χ2n) is 5.93. The van der Waals surface area contributed by atoms with Gasteiger partial charge in [0.05, 0.1) is 17.9 Å². The third-order valence-electron chi connectivity index (χ3n) is 4.13. The van der Waals surface area contributed by atoms with Crippen LogP contribution in [0.1, 0.15) is 26.8 Å². The summed E-state index contributed by atoms with van der Waals surface area (Å²) >= 11 is 1.57. The van der Waals surface area contributed by atoms with Gasteiger partial charge in [0.1, 0.15) is 16.3 Å². The summed E-state index contributed by atoms with van der Waals surface area (Å²) in [6.45, 7) is 4.24. The summed E-state index contributed by atoms with van der Waals surface area (Å²) in [6, 6.07) is 9.55. The molecule has 0 saturated heterocycles. The van der Waals surface area contributed by atoms with Crippen molar-refractivity contribution in [1.82, 2.24) is 24.7 Å². The van der Waals surface area contributed by atoms with E-state index in [2.05, 4.69) is 20.3 Å². The van der Waals surface area contributed by atoms with Crippen LogP contribution in [0.25, 0.3) is 16.2 Å². The molecule has 4 rings (SSSR count). The molecule has 0 unspecified atom stereocenters. The molecule has 0 radical (unpaired) electrons. The number of fused-ring (bicyclic) bond motifs is 1. The molecular formula is C19H17N5OS. The van der Waals surface area contributed by atoms with Gasteiger partial charge >= 0.3 is 0 Å². The number of nitrogens with zero attached hydrogens (tertiary/aromatic N) is 4. The number of amides is 1. The number of carbonyl (C=O) groups excluding carboxylic acids is 1. The fraction of sp³-hybridized carbons (Fsp3) is 0.158. The van der Waals surface area contributed by atoms with Crippen molar-refractivity contribution in [3.05, 3.63) is 70.9 Å². The first-order valence-corrected chi connectivity index (χ1v) is 9.03. The van der Waals surface area contributed by atoms with Crippen LogP contribution >= 0.6 is 11.3 Å². The Labute approximate surface area is 154 Å². The molecule has 0 atom stereocenters. The van der Waals surface area contributed by atoms with Crippen molar-refractivity contribution in [3.8, 4) is 10.6 Å². The molecule has 0 spiro atoms. The number of pyridine rings is 2. The van der Waals surface area contributed by atoms with E-state index in [1.807, 2.05) is 54.8 Å². The largest absolute Gasteiger partial charge is 0.346 e. The normalized spacial score (nSPS) is 11.0. The number of thiazole rings is 1. The smallest absolute Gasteiger partial charge is 0.270 e. The Morgan fingerprint density at radius 2 is 2.04 bits per heavy atom. The molecular weight excluding hydrogens is 346 g/mol. The van der Waals surface area contributed by atoms with Crippen molar-refractivity contribution >= 4 is 22.9 Å². The van der Waals surface area contributed by atoms with E-state index in [-0.39, 0.29) is 5.91 Å². The number of carbonyl (C=O) groups is 1. The second kappa shape index (κ2) is 6.68. The van der Waals surface area contributed by atoms with E-state index < -0.39 is 0 Å². The molecule has 26 heavy (non-hydrogen) atoms. The number of aryl methyl sites for hydroxylation is 2. The van der Waals surface area contributed by atoms with Crippen molar-refractivity contribution in [2.75, 3.05) is 0 Å². The number of hydrogen-bond donors (Lipinski definition) is 1. The van der Waals surface area contributed by atoms with Crippen molar-refractivity contribution in [1.29, 1.82) is 0 Å². The Morgan fingerprint density at radius 1 is 1.15 bits per heavy atom. The van der Waals surface area contributed by atoms with Gasteiger partial charge in [0.2, 0.25) is 0 Å². The highest BCUT2D eigenvalue weighted by Crippen LogP contribution is 2.27. The topological polar surface area (TPSA) is 72.2 Å². The van der Waals surface area contributed by atoms with Gasteiger partial charge in [0, 0.05) is 29.0 Å². The highest BCUT2D eigenvalue weighted by Gasteiger charge is 2.17. The standard InChI is InChI=1S/C19H17N5OS/c1-12-15(26-19(23-12)14-6-5-8-20-10-14)11-21-18(25)17-13(2)22-16-7-3-4-9-24(16)17/h3-10H,11H2,1-2H3,(H,21,25). The molecule has 0 aliphatic rings. The number of imidazole rings is 1. The summed E-state index contributed by atoms with van der Waals surface area (Å²) in [5.41, 5.74) is 3.95. The van der Waals surface area contributed by atoms with Crippen LogP contribution < -0.4 is 5.32 Å². The van der Waals surface area contributed by atoms with E-state index in [0.29, 0.717) is 17.9 Å². The molecule has 7 heteroatoms. The second-order valence-corrected chi connectivity index (χ2v) is 7.01. The molecule has 0 saturated carbocycles. The van der Waals surface area contributed by atoms with Crippen molar-refractivity contribution in [3.63, 3.8) is 0 Å². The first-order valence-electron chi connectivity index (χ1n) is 8.22. The van der Waals surface area contributed by atoms with E-state index in [0.717, 1.165) is 26.8 Å². The van der Waals surface area contributed by atoms with Gasteiger partial charge in [-0.1, -0.05) is 6.07 Å². The average Bonchev–Trinajstić information content (AvgIpc) is 3.19. The minimum Gasteiger partial charge on any atom is -0.346 e. The Bertz CT molecular complexity index is 1080. The van der Waals surface area contributed by atoms with Gasteiger partial charge < -0.3 is 5.32 Å². The number of hydrogen-bond acceptors (Lipinski definition) is 5. The molecule has 4 aromatic rings. The van der Waals surface area contributed by atoms with E-state index in [1.165, 1.54) is 0 Å². The highest BCUT2D eigenvalue weighted by molar-refractivity contribution is 7.15. The Kier molecular flexibility index (Phi) is 4.22. The summed E-state index contributed by atoms with van der Waals surface area (Å²) in [7, 11) is 0. The first kappa shape index (κ1) is 16.4. The van der Waals surface area contributed by atoms with Crippen LogP contribution in [0.5, 0.6) is 0 Å². The number of rotatable bonds is 4. The van der Waals surface area contributed by atoms with Gasteiger partial charge in [-0.3, -0.25) is 14.2 Å². The zero-order valence-electron chi connectivity index (χ0n) is 14.4. The molecule has 4 aromatic heterocycles. The van der Waals surface area contributed by atoms with Gasteiger partial charge in [-0.2, -0.15) is 0 Å². The van der Waals surface area contributed by atoms with Crippen molar-refractivity contribution < 1.29 is 4.79 Å². The van der Waals surface area contributed by atoms with E-state index in [4.69, 9.17) is 0 Å². The van der Waals surface area contributed by atoms with Crippen LogP contribution in [0.2, 0.25) is 0 Å². The van der Waals surface area contributed by atoms with E-state index >= 15 is 0 Å². The summed E-state index contributed by atoms with van der Waals surface area (Å²) in [4.78, 5) is 26.9. The molecule has 4 heterocycles. The Hall–Kier alpha value is -3.06. The summed E-state index contributed by atoms with van der Waals surface area (Å²) < 4.78 is 1.81. The Morgan fingerprint density at radius 3 is 2.85 bits per heavy atom. The summed E-state index contributed by atoms with van der Waals surface area (Å²) in [5, 5.41) is 3.90. The highest BCUT2D eigenvalue weighted by atomic mass is 32.1. The van der Waals surface area contributed by atoms with Gasteiger partial charge in [-0.15, -0.1) is 11.3 Å². The maximum atomic E-state index is 12.7. The van der Waals surface area contributed by atoms with Gasteiger partial charge in [0.15, 0.2) is 0 Å². The molecule has 130 valence electrons. The zero-order valence-corrected chi connectivity index (χ0v) is 15.2. The van der Waals surface area contributed by atoms with Crippen LogP contribution in [-0.2, 0) is 6.54 Å². The fourth-order valence-corrected chi connectivity index (χ4v) is 3.83. The third-order valence-corrected chi connectivity index (χ3v) is 5.34. The number of aromatic nitrogens is 4. The quantitative estimate of drug-likeness (QED) is 0.603. The fourth-order valence-electron chi connectivity index (χ4n) is 2.84. The van der Waals surface area contributed by atoms with Crippen molar-refractivity contribution in [2.45, 2.75) is 20.4 Å². The van der Waals surface area contributed by atoms with Gasteiger partial charge in [0.25, 0.3) is 5.91 Å². The lowest BCUT2D eigenvalue weighted by Crippen LogP contribution is -2.24. The van der Waals surface area contributed by atoms with Crippen LogP contribution in [0.4, 0.5) is 0 Å². The third kappa shape index (κ3) is 2.97. The summed E-state index contributed by atoms with van der Waals surface area (Å²) in [6.07, 6.45) is 5.38. The average molecular weight is 363 g/mol. The maximum absolute atomic E-state index is 12.7. The lowest BCUT2D eigenvalue weighted by molar-refractivity contribution is 0.0944. The van der Waals surface area contributed by atoms with Crippen LogP contribution in [-0.4, -0.2) is 25.3 Å². The van der Waals surface area contributed by atoms with Gasteiger partial charge in [-0.25, -0.2) is 9.97 Å². The molecule has 0 aromatic carbocycles. The molecule has 6 nitrogen and oxygen atoms in total. The molecule has 1 N–H and O–H groups in total. The maximum Gasteiger partial charge on any atom is 0.270 e. The predicted molar refractivity (Wildman–Crippen MR) is 101 cm³/mol. The molecule has 1 amide bonds. The lowest BCUT2D eigenvalue weighted by atomic mass is 10.3.